The monoisotopic (exact) mass is 424 g/mol. The lowest BCUT2D eigenvalue weighted by Crippen LogP contribution is -2.19. The summed E-state index contributed by atoms with van der Waals surface area (Å²) < 4.78 is 0. The maximum absolute atomic E-state index is 13.2. The zero-order chi connectivity index (χ0) is 20.4. The summed E-state index contributed by atoms with van der Waals surface area (Å²) in [5, 5.41) is 7.22. The molecule has 1 heterocycles. The molecule has 4 rings (SSSR count). The van der Waals surface area contributed by atoms with Crippen LogP contribution in [0.3, 0.4) is 0 Å². The number of fused-ring (bicyclic) bond motifs is 1. The van der Waals surface area contributed by atoms with E-state index in [1.54, 1.807) is 24.3 Å². The second-order valence-corrected chi connectivity index (χ2v) is 8.69. The Morgan fingerprint density at radius 3 is 2.48 bits per heavy atom. The molecule has 2 N–H and O–H groups in total. The molecule has 4 nitrogen and oxygen atoms in total. The number of rotatable bonds is 4. The fourth-order valence-corrected chi connectivity index (χ4v) is 5.12. The van der Waals surface area contributed by atoms with Crippen LogP contribution < -0.4 is 10.6 Å². The molecule has 0 radical (unpaired) electrons. The van der Waals surface area contributed by atoms with Gasteiger partial charge in [-0.25, -0.2) is 0 Å². The number of carbonyl (C=O) groups is 2. The number of thiophene rings is 1. The molecule has 1 aromatic heterocycles. The first-order chi connectivity index (χ1) is 14.0. The average Bonchev–Trinajstić information content (AvgIpc) is 3.08. The van der Waals surface area contributed by atoms with Gasteiger partial charge in [-0.2, -0.15) is 0 Å². The van der Waals surface area contributed by atoms with Gasteiger partial charge in [-0.3, -0.25) is 9.59 Å². The lowest BCUT2D eigenvalue weighted by atomic mass is 9.95. The summed E-state index contributed by atoms with van der Waals surface area (Å²) in [6.45, 7) is 1.91. The smallest absolute Gasteiger partial charge is 0.258 e. The Morgan fingerprint density at radius 2 is 1.72 bits per heavy atom. The fourth-order valence-electron chi connectivity index (χ4n) is 3.61. The molecule has 0 spiro atoms. The zero-order valence-corrected chi connectivity index (χ0v) is 17.6. The summed E-state index contributed by atoms with van der Waals surface area (Å²) >= 11 is 7.55. The largest absolute Gasteiger partial charge is 0.322 e. The molecule has 2 aromatic carbocycles. The number of carbonyl (C=O) groups excluding carboxylic acids is 2. The Morgan fingerprint density at radius 1 is 0.966 bits per heavy atom. The van der Waals surface area contributed by atoms with E-state index in [2.05, 4.69) is 10.6 Å². The molecule has 1 aliphatic rings. The Kier molecular flexibility index (Phi) is 5.69. The molecule has 0 atom stereocenters. The van der Waals surface area contributed by atoms with Crippen LogP contribution in [0, 0.1) is 6.92 Å². The highest BCUT2D eigenvalue weighted by Gasteiger charge is 2.27. The Labute approximate surface area is 178 Å². The normalized spacial score (nSPS) is 12.9. The van der Waals surface area contributed by atoms with Gasteiger partial charge in [0.1, 0.15) is 5.00 Å². The third-order valence-corrected chi connectivity index (χ3v) is 6.54. The highest BCUT2D eigenvalue weighted by atomic mass is 35.5. The summed E-state index contributed by atoms with van der Waals surface area (Å²) in [6.07, 6.45) is 3.96. The van der Waals surface area contributed by atoms with Crippen molar-refractivity contribution in [2.75, 3.05) is 10.6 Å². The first-order valence-electron chi connectivity index (χ1n) is 9.61. The van der Waals surface area contributed by atoms with Gasteiger partial charge in [0.25, 0.3) is 11.8 Å². The van der Waals surface area contributed by atoms with Gasteiger partial charge in [-0.05, 0) is 74.1 Å². The van der Waals surface area contributed by atoms with Crippen molar-refractivity contribution in [3.63, 3.8) is 0 Å². The Hall–Kier alpha value is -2.63. The molecule has 3 aromatic rings. The van der Waals surface area contributed by atoms with E-state index in [1.807, 2.05) is 31.2 Å². The first kappa shape index (κ1) is 19.7. The van der Waals surface area contributed by atoms with Gasteiger partial charge >= 0.3 is 0 Å². The lowest BCUT2D eigenvalue weighted by Gasteiger charge is -2.14. The predicted octanol–water partition coefficient (Wildman–Crippen LogP) is 6.09. The van der Waals surface area contributed by atoms with Crippen molar-refractivity contribution in [1.82, 2.24) is 0 Å². The van der Waals surface area contributed by atoms with Crippen molar-refractivity contribution in [2.24, 2.45) is 0 Å². The van der Waals surface area contributed by atoms with Crippen molar-refractivity contribution in [1.29, 1.82) is 0 Å². The van der Waals surface area contributed by atoms with Crippen molar-refractivity contribution < 1.29 is 9.59 Å². The summed E-state index contributed by atoms with van der Waals surface area (Å²) in [7, 11) is 0. The predicted molar refractivity (Wildman–Crippen MR) is 119 cm³/mol. The van der Waals surface area contributed by atoms with Gasteiger partial charge in [0.2, 0.25) is 0 Å². The molecule has 0 saturated carbocycles. The van der Waals surface area contributed by atoms with Crippen LogP contribution >= 0.6 is 22.9 Å². The molecular formula is C23H21ClN2O2S. The van der Waals surface area contributed by atoms with E-state index >= 15 is 0 Å². The van der Waals surface area contributed by atoms with Gasteiger partial charge in [-0.1, -0.05) is 29.8 Å². The van der Waals surface area contributed by atoms with Crippen molar-refractivity contribution >= 4 is 45.4 Å². The summed E-state index contributed by atoms with van der Waals surface area (Å²) in [5.74, 6) is -0.404. The molecule has 148 valence electrons. The third-order valence-electron chi connectivity index (χ3n) is 5.10. The molecular weight excluding hydrogens is 404 g/mol. The van der Waals surface area contributed by atoms with E-state index in [4.69, 9.17) is 11.6 Å². The van der Waals surface area contributed by atoms with Gasteiger partial charge in [0, 0.05) is 21.2 Å². The van der Waals surface area contributed by atoms with E-state index < -0.39 is 0 Å². The van der Waals surface area contributed by atoms with E-state index in [9.17, 15) is 9.59 Å². The highest BCUT2D eigenvalue weighted by Crippen LogP contribution is 2.39. The molecule has 1 aliphatic carbocycles. The minimum atomic E-state index is -0.207. The lowest BCUT2D eigenvalue weighted by molar-refractivity contribution is 0.102. The minimum absolute atomic E-state index is 0.196. The van der Waals surface area contributed by atoms with Crippen LogP contribution in [-0.4, -0.2) is 11.8 Å². The third kappa shape index (κ3) is 4.21. The fraction of sp³-hybridized carbons (Fsp3) is 0.217. The number of hydrogen-bond donors (Lipinski definition) is 2. The second kappa shape index (κ2) is 8.39. The Bertz CT molecular complexity index is 1080. The maximum atomic E-state index is 13.2. The number of aryl methyl sites for hydroxylation is 2. The number of amides is 2. The quantitative estimate of drug-likeness (QED) is 0.532. The van der Waals surface area contributed by atoms with Crippen molar-refractivity contribution in [3.8, 4) is 0 Å². The van der Waals surface area contributed by atoms with Crippen LogP contribution in [-0.2, 0) is 12.8 Å². The average molecular weight is 425 g/mol. The molecule has 0 saturated heterocycles. The van der Waals surface area contributed by atoms with Crippen LogP contribution in [0.1, 0.15) is 49.6 Å². The topological polar surface area (TPSA) is 58.2 Å². The first-order valence-corrected chi connectivity index (χ1v) is 10.8. The number of anilines is 2. The molecule has 0 unspecified atom stereocenters. The van der Waals surface area contributed by atoms with Crippen molar-refractivity contribution in [3.05, 3.63) is 80.7 Å². The van der Waals surface area contributed by atoms with Crippen molar-refractivity contribution in [2.45, 2.75) is 32.6 Å². The van der Waals surface area contributed by atoms with Gasteiger partial charge < -0.3 is 10.6 Å². The summed E-state index contributed by atoms with van der Waals surface area (Å²) in [6, 6.07) is 14.4. The van der Waals surface area contributed by atoms with E-state index in [-0.39, 0.29) is 11.8 Å². The van der Waals surface area contributed by atoms with E-state index in [0.717, 1.165) is 42.5 Å². The number of halogens is 1. The van der Waals surface area contributed by atoms with Crippen LogP contribution in [0.15, 0.2) is 48.5 Å². The van der Waals surface area contributed by atoms with Crippen LogP contribution in [0.25, 0.3) is 0 Å². The summed E-state index contributed by atoms with van der Waals surface area (Å²) in [5.41, 5.74) is 3.83. The molecule has 2 amide bonds. The number of nitrogens with one attached hydrogen (secondary N) is 2. The van der Waals surface area contributed by atoms with Crippen LogP contribution in [0.5, 0.6) is 0 Å². The second-order valence-electron chi connectivity index (χ2n) is 7.15. The SMILES string of the molecule is Cc1cc(Cl)ccc1NC(=O)c1c(NC(=O)c2ccccc2)sc2c1CCCC2. The number of benzene rings is 2. The van der Waals surface area contributed by atoms with E-state index in [0.29, 0.717) is 21.2 Å². The molecule has 0 aliphatic heterocycles. The molecule has 6 heteroatoms. The summed E-state index contributed by atoms with van der Waals surface area (Å²) in [4.78, 5) is 27.1. The van der Waals surface area contributed by atoms with E-state index in [1.165, 1.54) is 16.2 Å². The van der Waals surface area contributed by atoms with Gasteiger partial charge in [-0.15, -0.1) is 11.3 Å². The minimum Gasteiger partial charge on any atom is -0.322 e. The molecule has 29 heavy (non-hydrogen) atoms. The molecule has 0 bridgehead atoms. The highest BCUT2D eigenvalue weighted by molar-refractivity contribution is 7.17. The van der Waals surface area contributed by atoms with Gasteiger partial charge in [0.15, 0.2) is 0 Å². The maximum Gasteiger partial charge on any atom is 0.258 e. The Balaban J connectivity index is 1.66. The zero-order valence-electron chi connectivity index (χ0n) is 16.0. The standard InChI is InChI=1S/C23H21ClN2O2S/c1-14-13-16(24)11-12-18(14)25-22(28)20-17-9-5-6-10-19(17)29-23(20)26-21(27)15-7-3-2-4-8-15/h2-4,7-8,11-13H,5-6,9-10H2,1H3,(H,25,28)(H,26,27). The van der Waals surface area contributed by atoms with Crippen LogP contribution in [0.4, 0.5) is 10.7 Å². The molecule has 0 fully saturated rings. The van der Waals surface area contributed by atoms with Crippen LogP contribution in [0.2, 0.25) is 5.02 Å². The van der Waals surface area contributed by atoms with Gasteiger partial charge in [0.05, 0.1) is 5.56 Å². The number of hydrogen-bond acceptors (Lipinski definition) is 3.